The molecule has 0 aliphatic rings. The predicted octanol–water partition coefficient (Wildman–Crippen LogP) is 2.11. The van der Waals surface area contributed by atoms with Crippen molar-refractivity contribution >= 4 is 23.7 Å². The summed E-state index contributed by atoms with van der Waals surface area (Å²) in [7, 11) is 4.49. The Morgan fingerprint density at radius 3 is 2.04 bits per heavy atom. The first kappa shape index (κ1) is 19.8. The third-order valence-corrected chi connectivity index (χ3v) is 3.58. The highest BCUT2D eigenvalue weighted by Gasteiger charge is 2.14. The van der Waals surface area contributed by atoms with Crippen LogP contribution in [0.5, 0.6) is 17.2 Å². The molecule has 2 aromatic carbocycles. The molecule has 0 radical (unpaired) electrons. The highest BCUT2D eigenvalue weighted by Crippen LogP contribution is 2.37. The van der Waals surface area contributed by atoms with Crippen LogP contribution in [0.25, 0.3) is 0 Å². The first-order valence-corrected chi connectivity index (χ1v) is 7.99. The molecule has 0 aliphatic carbocycles. The van der Waals surface area contributed by atoms with Gasteiger partial charge in [0.1, 0.15) is 0 Å². The van der Waals surface area contributed by atoms with E-state index in [1.807, 2.05) is 19.1 Å². The smallest absolute Gasteiger partial charge is 0.329 e. The molecule has 0 heterocycles. The second-order valence-electron chi connectivity index (χ2n) is 5.48. The Hall–Kier alpha value is -3.55. The standard InChI is InChI=1S/C19H21N3O5/c1-12-5-7-14(8-6-12)21-18(23)19(24)22-20-11-13-9-15(25-2)17(27-4)16(10-13)26-3/h5-11H,1-4H3,(H,21,23)(H,22,24). The predicted molar refractivity (Wildman–Crippen MR) is 102 cm³/mol. The Bertz CT molecular complexity index is 822. The Balaban J connectivity index is 2.02. The quantitative estimate of drug-likeness (QED) is 0.460. The zero-order chi connectivity index (χ0) is 19.8. The fraction of sp³-hybridized carbons (Fsp3) is 0.211. The minimum atomic E-state index is -0.890. The number of nitrogens with one attached hydrogen (secondary N) is 2. The number of anilines is 1. The van der Waals surface area contributed by atoms with Crippen LogP contribution in [0.1, 0.15) is 11.1 Å². The molecular formula is C19H21N3O5. The first-order chi connectivity index (χ1) is 13.0. The number of carbonyl (C=O) groups excluding carboxylic acids is 2. The largest absolute Gasteiger partial charge is 0.493 e. The Morgan fingerprint density at radius 2 is 1.52 bits per heavy atom. The molecule has 0 atom stereocenters. The van der Waals surface area contributed by atoms with Crippen LogP contribution >= 0.6 is 0 Å². The fourth-order valence-corrected chi connectivity index (χ4v) is 2.22. The van der Waals surface area contributed by atoms with Gasteiger partial charge in [-0.25, -0.2) is 5.43 Å². The van der Waals surface area contributed by atoms with Gasteiger partial charge in [-0.3, -0.25) is 9.59 Å². The molecule has 0 aliphatic heterocycles. The van der Waals surface area contributed by atoms with Crippen LogP contribution in [0.4, 0.5) is 5.69 Å². The second kappa shape index (κ2) is 9.23. The lowest BCUT2D eigenvalue weighted by Gasteiger charge is -2.12. The molecule has 2 N–H and O–H groups in total. The topological polar surface area (TPSA) is 98.2 Å². The third-order valence-electron chi connectivity index (χ3n) is 3.58. The summed E-state index contributed by atoms with van der Waals surface area (Å²) in [6, 6.07) is 10.4. The van der Waals surface area contributed by atoms with Crippen LogP contribution in [0.3, 0.4) is 0 Å². The van der Waals surface area contributed by atoms with Crippen LogP contribution in [0, 0.1) is 6.92 Å². The number of hydrogen-bond acceptors (Lipinski definition) is 6. The van der Waals surface area contributed by atoms with Crippen molar-refractivity contribution in [2.24, 2.45) is 5.10 Å². The first-order valence-electron chi connectivity index (χ1n) is 7.99. The molecule has 0 saturated heterocycles. The van der Waals surface area contributed by atoms with Gasteiger partial charge in [0.25, 0.3) is 0 Å². The maximum absolute atomic E-state index is 11.9. The number of methoxy groups -OCH3 is 3. The normalized spacial score (nSPS) is 10.4. The molecule has 2 aromatic rings. The van der Waals surface area contributed by atoms with Crippen LogP contribution in [-0.4, -0.2) is 39.4 Å². The summed E-state index contributed by atoms with van der Waals surface area (Å²) < 4.78 is 15.7. The molecule has 8 nitrogen and oxygen atoms in total. The molecule has 0 bridgehead atoms. The molecule has 2 amide bonds. The molecular weight excluding hydrogens is 350 g/mol. The summed E-state index contributed by atoms with van der Waals surface area (Å²) in [6.07, 6.45) is 1.36. The minimum absolute atomic E-state index is 0.443. The highest BCUT2D eigenvalue weighted by molar-refractivity contribution is 6.39. The average Bonchev–Trinajstić information content (AvgIpc) is 2.68. The zero-order valence-corrected chi connectivity index (χ0v) is 15.5. The van der Waals surface area contributed by atoms with Gasteiger partial charge in [-0.15, -0.1) is 0 Å². The maximum Gasteiger partial charge on any atom is 0.329 e. The lowest BCUT2D eigenvalue weighted by molar-refractivity contribution is -0.136. The van der Waals surface area contributed by atoms with Crippen molar-refractivity contribution in [2.45, 2.75) is 6.92 Å². The highest BCUT2D eigenvalue weighted by atomic mass is 16.5. The summed E-state index contributed by atoms with van der Waals surface area (Å²) >= 11 is 0. The van der Waals surface area contributed by atoms with Crippen molar-refractivity contribution < 1.29 is 23.8 Å². The van der Waals surface area contributed by atoms with Gasteiger partial charge in [-0.2, -0.15) is 5.10 Å². The number of benzene rings is 2. The summed E-state index contributed by atoms with van der Waals surface area (Å²) in [5.74, 6) is -0.373. The number of aryl methyl sites for hydroxylation is 1. The van der Waals surface area contributed by atoms with E-state index in [0.717, 1.165) is 5.56 Å². The van der Waals surface area contributed by atoms with Crippen molar-refractivity contribution in [3.63, 3.8) is 0 Å². The van der Waals surface area contributed by atoms with Gasteiger partial charge in [0, 0.05) is 11.3 Å². The summed E-state index contributed by atoms with van der Waals surface area (Å²) in [5, 5.41) is 6.28. The zero-order valence-electron chi connectivity index (χ0n) is 15.5. The summed E-state index contributed by atoms with van der Waals surface area (Å²) in [4.78, 5) is 23.7. The number of hydrazone groups is 1. The summed E-state index contributed by atoms with van der Waals surface area (Å²) in [5.41, 5.74) is 4.33. The van der Waals surface area contributed by atoms with Crippen molar-refractivity contribution in [1.82, 2.24) is 5.43 Å². The molecule has 0 aromatic heterocycles. The number of hydrogen-bond donors (Lipinski definition) is 2. The molecule has 0 fully saturated rings. The minimum Gasteiger partial charge on any atom is -0.493 e. The van der Waals surface area contributed by atoms with E-state index in [1.165, 1.54) is 27.5 Å². The monoisotopic (exact) mass is 371 g/mol. The fourth-order valence-electron chi connectivity index (χ4n) is 2.22. The van der Waals surface area contributed by atoms with E-state index in [9.17, 15) is 9.59 Å². The van der Waals surface area contributed by atoms with Gasteiger partial charge >= 0.3 is 11.8 Å². The van der Waals surface area contributed by atoms with Crippen LogP contribution in [0.15, 0.2) is 41.5 Å². The molecule has 8 heteroatoms. The van der Waals surface area contributed by atoms with Crippen molar-refractivity contribution in [3.8, 4) is 17.2 Å². The number of amides is 2. The average molecular weight is 371 g/mol. The molecule has 0 unspecified atom stereocenters. The number of nitrogens with zero attached hydrogens (tertiary/aromatic N) is 1. The Morgan fingerprint density at radius 1 is 0.926 bits per heavy atom. The summed E-state index contributed by atoms with van der Waals surface area (Å²) in [6.45, 7) is 1.93. The molecule has 2 rings (SSSR count). The molecule has 142 valence electrons. The van der Waals surface area contributed by atoms with Gasteiger partial charge in [0.2, 0.25) is 5.75 Å². The second-order valence-corrected chi connectivity index (χ2v) is 5.48. The van der Waals surface area contributed by atoms with E-state index in [4.69, 9.17) is 14.2 Å². The van der Waals surface area contributed by atoms with Gasteiger partial charge in [-0.05, 0) is 31.2 Å². The van der Waals surface area contributed by atoms with E-state index >= 15 is 0 Å². The van der Waals surface area contributed by atoms with Gasteiger partial charge in [0.15, 0.2) is 11.5 Å². The van der Waals surface area contributed by atoms with Gasteiger partial charge in [0.05, 0.1) is 27.5 Å². The van der Waals surface area contributed by atoms with E-state index < -0.39 is 11.8 Å². The van der Waals surface area contributed by atoms with Crippen LogP contribution in [0.2, 0.25) is 0 Å². The van der Waals surface area contributed by atoms with Crippen molar-refractivity contribution in [1.29, 1.82) is 0 Å². The van der Waals surface area contributed by atoms with E-state index in [-0.39, 0.29) is 0 Å². The van der Waals surface area contributed by atoms with Crippen LogP contribution < -0.4 is 25.0 Å². The molecule has 0 spiro atoms. The maximum atomic E-state index is 11.9. The Kier molecular flexibility index (Phi) is 6.76. The number of rotatable bonds is 6. The SMILES string of the molecule is COc1cc(C=NNC(=O)C(=O)Nc2ccc(C)cc2)cc(OC)c1OC. The van der Waals surface area contributed by atoms with Crippen molar-refractivity contribution in [2.75, 3.05) is 26.6 Å². The van der Waals surface area contributed by atoms with E-state index in [1.54, 1.807) is 24.3 Å². The Labute approximate surface area is 157 Å². The van der Waals surface area contributed by atoms with E-state index in [0.29, 0.717) is 28.5 Å². The van der Waals surface area contributed by atoms with Crippen molar-refractivity contribution in [3.05, 3.63) is 47.5 Å². The van der Waals surface area contributed by atoms with Crippen LogP contribution in [-0.2, 0) is 9.59 Å². The van der Waals surface area contributed by atoms with E-state index in [2.05, 4.69) is 15.8 Å². The molecule has 0 saturated carbocycles. The van der Waals surface area contributed by atoms with Gasteiger partial charge < -0.3 is 19.5 Å². The van der Waals surface area contributed by atoms with Gasteiger partial charge in [-0.1, -0.05) is 17.7 Å². The number of carbonyl (C=O) groups is 2. The number of ether oxygens (including phenoxy) is 3. The lowest BCUT2D eigenvalue weighted by atomic mass is 10.2. The third kappa shape index (κ3) is 5.21. The lowest BCUT2D eigenvalue weighted by Crippen LogP contribution is -2.32. The molecule has 27 heavy (non-hydrogen) atoms.